The second kappa shape index (κ2) is 8.30. The molecule has 136 valence electrons. The van der Waals surface area contributed by atoms with Crippen LogP contribution in [0.2, 0.25) is 0 Å². The summed E-state index contributed by atoms with van der Waals surface area (Å²) >= 11 is 5.33. The Bertz CT molecular complexity index is 853. The average Bonchev–Trinajstić information content (AvgIpc) is 3.01. The summed E-state index contributed by atoms with van der Waals surface area (Å²) in [6.07, 6.45) is 6.07. The summed E-state index contributed by atoms with van der Waals surface area (Å²) in [6.45, 7) is 6.27. The molecule has 2 heterocycles. The molecule has 0 atom stereocenters. The van der Waals surface area contributed by atoms with Crippen LogP contribution in [0.5, 0.6) is 0 Å². The van der Waals surface area contributed by atoms with Crippen LogP contribution in [0.15, 0.2) is 24.3 Å². The van der Waals surface area contributed by atoms with Crippen molar-refractivity contribution in [1.82, 2.24) is 24.6 Å². The Labute approximate surface area is 158 Å². The summed E-state index contributed by atoms with van der Waals surface area (Å²) in [5.74, 6) is 3.42. The van der Waals surface area contributed by atoms with Crippen molar-refractivity contribution in [2.45, 2.75) is 19.9 Å². The largest absolute Gasteiger partial charge is 0.339 e. The van der Waals surface area contributed by atoms with E-state index in [1.54, 1.807) is 4.57 Å². The first-order chi connectivity index (χ1) is 12.6. The molecule has 26 heavy (non-hydrogen) atoms. The van der Waals surface area contributed by atoms with Crippen molar-refractivity contribution in [3.8, 4) is 23.7 Å². The number of piperazine rings is 1. The number of aromatic nitrogens is 3. The Hall–Kier alpha value is -2.43. The minimum Gasteiger partial charge on any atom is -0.339 e. The Kier molecular flexibility index (Phi) is 5.86. The molecule has 0 bridgehead atoms. The molecule has 1 aliphatic heterocycles. The molecule has 1 amide bonds. The van der Waals surface area contributed by atoms with Gasteiger partial charge < -0.3 is 4.90 Å². The fourth-order valence-corrected chi connectivity index (χ4v) is 3.26. The Morgan fingerprint density at radius 3 is 2.62 bits per heavy atom. The van der Waals surface area contributed by atoms with E-state index in [0.29, 0.717) is 23.7 Å². The molecule has 7 heteroatoms. The van der Waals surface area contributed by atoms with Crippen molar-refractivity contribution in [3.63, 3.8) is 0 Å². The van der Waals surface area contributed by atoms with Gasteiger partial charge in [-0.05, 0) is 19.1 Å². The summed E-state index contributed by atoms with van der Waals surface area (Å²) in [5, 5.41) is 7.11. The van der Waals surface area contributed by atoms with Crippen molar-refractivity contribution >= 4 is 18.1 Å². The SMILES string of the molecule is C#CCCN1CCN(C(=O)Cn2c(-c3ccc(C)cc3)n[nH]c2=S)CC1. The van der Waals surface area contributed by atoms with Crippen LogP contribution < -0.4 is 0 Å². The summed E-state index contributed by atoms with van der Waals surface area (Å²) in [6, 6.07) is 8.03. The van der Waals surface area contributed by atoms with E-state index in [4.69, 9.17) is 18.6 Å². The monoisotopic (exact) mass is 369 g/mol. The number of hydrogen-bond acceptors (Lipinski definition) is 4. The number of benzene rings is 1. The fourth-order valence-electron chi connectivity index (χ4n) is 3.07. The van der Waals surface area contributed by atoms with Crippen LogP contribution in [0.1, 0.15) is 12.0 Å². The third-order valence-electron chi connectivity index (χ3n) is 4.66. The van der Waals surface area contributed by atoms with E-state index in [0.717, 1.165) is 31.6 Å². The average molecular weight is 369 g/mol. The lowest BCUT2D eigenvalue weighted by Crippen LogP contribution is -2.49. The van der Waals surface area contributed by atoms with Crippen LogP contribution in [-0.2, 0) is 11.3 Å². The molecular weight excluding hydrogens is 346 g/mol. The second-order valence-corrected chi connectivity index (χ2v) is 6.87. The zero-order valence-corrected chi connectivity index (χ0v) is 15.8. The fraction of sp³-hybridized carbons (Fsp3) is 0.421. The second-order valence-electron chi connectivity index (χ2n) is 6.48. The number of H-pyrrole nitrogens is 1. The van der Waals surface area contributed by atoms with Gasteiger partial charge in [0.05, 0.1) is 0 Å². The topological polar surface area (TPSA) is 57.2 Å². The van der Waals surface area contributed by atoms with Crippen LogP contribution in [0.4, 0.5) is 0 Å². The summed E-state index contributed by atoms with van der Waals surface area (Å²) in [5.41, 5.74) is 2.11. The lowest BCUT2D eigenvalue weighted by molar-refractivity contribution is -0.133. The van der Waals surface area contributed by atoms with Gasteiger partial charge >= 0.3 is 0 Å². The third-order valence-corrected chi connectivity index (χ3v) is 4.97. The Morgan fingerprint density at radius 1 is 1.27 bits per heavy atom. The Morgan fingerprint density at radius 2 is 1.96 bits per heavy atom. The van der Waals surface area contributed by atoms with Gasteiger partial charge in [0, 0.05) is 44.7 Å². The van der Waals surface area contributed by atoms with Gasteiger partial charge in [-0.1, -0.05) is 29.8 Å². The first-order valence-corrected chi connectivity index (χ1v) is 9.15. The normalized spacial score (nSPS) is 15.0. The quantitative estimate of drug-likeness (QED) is 0.648. The van der Waals surface area contributed by atoms with Crippen molar-refractivity contribution in [2.24, 2.45) is 0 Å². The lowest BCUT2D eigenvalue weighted by Gasteiger charge is -2.34. The van der Waals surface area contributed by atoms with Gasteiger partial charge in [0.1, 0.15) is 6.54 Å². The number of terminal acetylenes is 1. The van der Waals surface area contributed by atoms with E-state index in [1.165, 1.54) is 5.56 Å². The third kappa shape index (κ3) is 4.21. The number of aryl methyl sites for hydroxylation is 1. The number of aromatic amines is 1. The van der Waals surface area contributed by atoms with Crippen LogP contribution in [0.3, 0.4) is 0 Å². The van der Waals surface area contributed by atoms with Crippen molar-refractivity contribution < 1.29 is 4.79 Å². The standard InChI is InChI=1S/C19H23N5OS/c1-3-4-9-22-10-12-23(13-11-22)17(25)14-24-18(20-21-19(24)26)16-7-5-15(2)6-8-16/h1,5-8H,4,9-14H2,2H3,(H,21,26). The molecule has 0 aliphatic carbocycles. The molecule has 1 aliphatic rings. The van der Waals surface area contributed by atoms with Crippen molar-refractivity contribution in [1.29, 1.82) is 0 Å². The number of carbonyl (C=O) groups is 1. The maximum Gasteiger partial charge on any atom is 0.242 e. The number of amides is 1. The molecule has 1 N–H and O–H groups in total. The molecule has 1 aromatic heterocycles. The first-order valence-electron chi connectivity index (χ1n) is 8.74. The van der Waals surface area contributed by atoms with Crippen LogP contribution in [0.25, 0.3) is 11.4 Å². The molecule has 3 rings (SSSR count). The van der Waals surface area contributed by atoms with Crippen LogP contribution in [0, 0.1) is 24.0 Å². The van der Waals surface area contributed by atoms with Crippen LogP contribution in [-0.4, -0.2) is 63.2 Å². The molecule has 6 nitrogen and oxygen atoms in total. The van der Waals surface area contributed by atoms with E-state index in [9.17, 15) is 4.79 Å². The zero-order chi connectivity index (χ0) is 18.5. The van der Waals surface area contributed by atoms with Gasteiger partial charge in [0.2, 0.25) is 5.91 Å². The number of nitrogens with one attached hydrogen (secondary N) is 1. The van der Waals surface area contributed by atoms with E-state index in [2.05, 4.69) is 21.0 Å². The molecule has 1 saturated heterocycles. The van der Waals surface area contributed by atoms with Crippen molar-refractivity contribution in [2.75, 3.05) is 32.7 Å². The molecule has 1 aromatic carbocycles. The first kappa shape index (κ1) is 18.4. The number of carbonyl (C=O) groups excluding carboxylic acids is 1. The Balaban J connectivity index is 1.67. The predicted molar refractivity (Wildman–Crippen MR) is 104 cm³/mol. The molecule has 1 fully saturated rings. The van der Waals surface area contributed by atoms with Gasteiger partial charge in [-0.2, -0.15) is 5.10 Å². The van der Waals surface area contributed by atoms with Crippen molar-refractivity contribution in [3.05, 3.63) is 34.6 Å². The lowest BCUT2D eigenvalue weighted by atomic mass is 10.1. The van der Waals surface area contributed by atoms with E-state index in [-0.39, 0.29) is 12.5 Å². The predicted octanol–water partition coefficient (Wildman–Crippen LogP) is 2.08. The van der Waals surface area contributed by atoms with E-state index >= 15 is 0 Å². The van der Waals surface area contributed by atoms with E-state index < -0.39 is 0 Å². The maximum absolute atomic E-state index is 12.7. The van der Waals surface area contributed by atoms with E-state index in [1.807, 2.05) is 36.1 Å². The summed E-state index contributed by atoms with van der Waals surface area (Å²) in [4.78, 5) is 16.9. The number of nitrogens with zero attached hydrogens (tertiary/aromatic N) is 4. The van der Waals surface area contributed by atoms with Gasteiger partial charge in [-0.15, -0.1) is 12.3 Å². The number of hydrogen-bond donors (Lipinski definition) is 1. The van der Waals surface area contributed by atoms with Gasteiger partial charge in [0.25, 0.3) is 0 Å². The molecule has 0 spiro atoms. The highest BCUT2D eigenvalue weighted by atomic mass is 32.1. The number of rotatable bonds is 5. The highest BCUT2D eigenvalue weighted by molar-refractivity contribution is 7.71. The van der Waals surface area contributed by atoms with Gasteiger partial charge in [0.15, 0.2) is 10.6 Å². The highest BCUT2D eigenvalue weighted by Crippen LogP contribution is 2.18. The molecule has 0 saturated carbocycles. The summed E-state index contributed by atoms with van der Waals surface area (Å²) in [7, 11) is 0. The molecule has 0 unspecified atom stereocenters. The molecule has 0 radical (unpaired) electrons. The zero-order valence-electron chi connectivity index (χ0n) is 14.9. The minimum absolute atomic E-state index is 0.0625. The minimum atomic E-state index is 0.0625. The molecular formula is C19H23N5OS. The smallest absolute Gasteiger partial charge is 0.242 e. The van der Waals surface area contributed by atoms with Gasteiger partial charge in [-0.3, -0.25) is 19.4 Å². The van der Waals surface area contributed by atoms with Crippen LogP contribution >= 0.6 is 12.2 Å². The maximum atomic E-state index is 12.7. The molecule has 2 aromatic rings. The summed E-state index contributed by atoms with van der Waals surface area (Å²) < 4.78 is 2.23. The highest BCUT2D eigenvalue weighted by Gasteiger charge is 2.22. The van der Waals surface area contributed by atoms with Gasteiger partial charge in [-0.25, -0.2) is 0 Å².